The van der Waals surface area contributed by atoms with Gasteiger partial charge in [-0.05, 0) is 73.1 Å². The summed E-state index contributed by atoms with van der Waals surface area (Å²) in [5.74, 6) is 6.24. The Morgan fingerprint density at radius 3 is 2.67 bits per heavy atom. The van der Waals surface area contributed by atoms with E-state index >= 15 is 0 Å². The molecule has 230 valence electrons. The molecule has 1 amide bonds. The van der Waals surface area contributed by atoms with Gasteiger partial charge in [0, 0.05) is 47.6 Å². The van der Waals surface area contributed by atoms with Gasteiger partial charge in [0.25, 0.3) is 5.24 Å². The Balaban J connectivity index is 1.47. The molecule has 1 fully saturated rings. The Morgan fingerprint density at radius 2 is 2.00 bits per heavy atom. The Morgan fingerprint density at radius 1 is 1.21 bits per heavy atom. The first kappa shape index (κ1) is 33.4. The van der Waals surface area contributed by atoms with E-state index in [9.17, 15) is 14.7 Å². The molecule has 0 spiro atoms. The monoisotopic (exact) mass is 655 g/mol. The van der Waals surface area contributed by atoms with E-state index in [0.29, 0.717) is 24.4 Å². The third kappa shape index (κ3) is 9.27. The topological polar surface area (TPSA) is 83.0 Å². The number of aromatic nitrogens is 1. The number of amides is 1. The Labute approximate surface area is 268 Å². The highest BCUT2D eigenvalue weighted by molar-refractivity contribution is 8.13. The van der Waals surface area contributed by atoms with Crippen molar-refractivity contribution in [2.75, 3.05) is 25.4 Å². The SMILES string of the molecule is Cc1cc(CCN2C(=O)SCCN2CCC(Cc2cccc(C#Cc3cscn3)c2)O[Si](C)(C)C(C)(C)C)sc1C(=O)O. The minimum absolute atomic E-state index is 0.00718. The van der Waals surface area contributed by atoms with Gasteiger partial charge in [-0.25, -0.2) is 14.8 Å². The smallest absolute Gasteiger partial charge is 0.346 e. The number of benzene rings is 1. The number of carboxylic acids is 1. The van der Waals surface area contributed by atoms with Crippen LogP contribution in [-0.4, -0.2) is 71.1 Å². The summed E-state index contributed by atoms with van der Waals surface area (Å²) in [4.78, 5) is 30.1. The van der Waals surface area contributed by atoms with Gasteiger partial charge in [0.05, 0.1) is 11.6 Å². The molecule has 1 aliphatic rings. The molecule has 0 radical (unpaired) electrons. The lowest BCUT2D eigenvalue weighted by Gasteiger charge is -2.41. The number of hydrogen-bond donors (Lipinski definition) is 1. The molecule has 1 saturated heterocycles. The number of nitrogens with zero attached hydrogens (tertiary/aromatic N) is 3. The van der Waals surface area contributed by atoms with Crippen molar-refractivity contribution in [3.63, 3.8) is 0 Å². The quantitative estimate of drug-likeness (QED) is 0.169. The molecule has 4 rings (SSSR count). The second-order valence-corrected chi connectivity index (χ2v) is 19.9. The van der Waals surface area contributed by atoms with Crippen LogP contribution in [0.2, 0.25) is 18.1 Å². The van der Waals surface area contributed by atoms with Crippen LogP contribution in [0.3, 0.4) is 0 Å². The van der Waals surface area contributed by atoms with E-state index in [1.54, 1.807) is 5.51 Å². The third-order valence-electron chi connectivity index (χ3n) is 7.99. The van der Waals surface area contributed by atoms with Gasteiger partial charge >= 0.3 is 5.97 Å². The van der Waals surface area contributed by atoms with Gasteiger partial charge in [-0.1, -0.05) is 50.6 Å². The molecule has 7 nitrogen and oxygen atoms in total. The molecule has 3 aromatic rings. The minimum Gasteiger partial charge on any atom is -0.477 e. The molecule has 1 unspecified atom stereocenters. The summed E-state index contributed by atoms with van der Waals surface area (Å²) < 4.78 is 6.99. The van der Waals surface area contributed by atoms with E-state index in [1.165, 1.54) is 40.0 Å². The highest BCUT2D eigenvalue weighted by atomic mass is 32.2. The fourth-order valence-electron chi connectivity index (χ4n) is 4.65. The zero-order chi connectivity index (χ0) is 31.2. The van der Waals surface area contributed by atoms with E-state index in [1.807, 2.05) is 35.5 Å². The van der Waals surface area contributed by atoms with E-state index < -0.39 is 14.3 Å². The number of carbonyl (C=O) groups excluding carboxylic acids is 1. The normalized spacial score (nSPS) is 15.3. The van der Waals surface area contributed by atoms with Crippen LogP contribution in [0.5, 0.6) is 0 Å². The molecular formula is C32H41N3O4S3Si. The number of aryl methyl sites for hydroxylation is 1. The Hall–Kier alpha value is -2.46. The lowest BCUT2D eigenvalue weighted by molar-refractivity contribution is 0.0161. The number of hydrogen-bond acceptors (Lipinski definition) is 8. The van der Waals surface area contributed by atoms with Gasteiger partial charge in [0.15, 0.2) is 8.32 Å². The van der Waals surface area contributed by atoms with Crippen LogP contribution >= 0.6 is 34.4 Å². The molecular weight excluding hydrogens is 615 g/mol. The van der Waals surface area contributed by atoms with Crippen molar-refractivity contribution in [2.45, 2.75) is 71.2 Å². The third-order valence-corrected chi connectivity index (χ3v) is 15.2. The summed E-state index contributed by atoms with van der Waals surface area (Å²) in [6.45, 7) is 15.2. The molecule has 2 aromatic heterocycles. The highest BCUT2D eigenvalue weighted by Gasteiger charge is 2.39. The van der Waals surface area contributed by atoms with E-state index in [-0.39, 0.29) is 16.4 Å². The predicted octanol–water partition coefficient (Wildman–Crippen LogP) is 7.56. The van der Waals surface area contributed by atoms with Crippen molar-refractivity contribution in [3.8, 4) is 11.8 Å². The van der Waals surface area contributed by atoms with E-state index in [2.05, 4.69) is 67.8 Å². The maximum absolute atomic E-state index is 13.0. The van der Waals surface area contributed by atoms with Crippen LogP contribution in [0.25, 0.3) is 0 Å². The highest BCUT2D eigenvalue weighted by Crippen LogP contribution is 2.38. The zero-order valence-corrected chi connectivity index (χ0v) is 29.3. The van der Waals surface area contributed by atoms with E-state index in [4.69, 9.17) is 4.43 Å². The second-order valence-electron chi connectivity index (χ2n) is 12.3. The number of rotatable bonds is 11. The van der Waals surface area contributed by atoms with Crippen molar-refractivity contribution >= 4 is 54.0 Å². The lowest BCUT2D eigenvalue weighted by atomic mass is 10.0. The van der Waals surface area contributed by atoms with Gasteiger partial charge in [0.1, 0.15) is 10.6 Å². The van der Waals surface area contributed by atoms with Gasteiger partial charge in [-0.15, -0.1) is 22.7 Å². The molecule has 0 saturated carbocycles. The lowest BCUT2D eigenvalue weighted by Crippen LogP contribution is -2.51. The van der Waals surface area contributed by atoms with Crippen molar-refractivity contribution in [1.82, 2.24) is 15.0 Å². The van der Waals surface area contributed by atoms with Crippen molar-refractivity contribution in [2.24, 2.45) is 0 Å². The molecule has 0 bridgehead atoms. The number of hydrazine groups is 1. The summed E-state index contributed by atoms with van der Waals surface area (Å²) >= 11 is 4.18. The van der Waals surface area contributed by atoms with Gasteiger partial charge in [0.2, 0.25) is 0 Å². The zero-order valence-electron chi connectivity index (χ0n) is 25.8. The van der Waals surface area contributed by atoms with Crippen LogP contribution < -0.4 is 0 Å². The first-order valence-corrected chi connectivity index (χ1v) is 20.2. The van der Waals surface area contributed by atoms with Gasteiger partial charge in [-0.2, -0.15) is 0 Å². The molecule has 0 aliphatic carbocycles. The predicted molar refractivity (Wildman–Crippen MR) is 181 cm³/mol. The number of carbonyl (C=O) groups is 2. The number of carboxylic acid groups (broad SMARTS) is 1. The van der Waals surface area contributed by atoms with Crippen LogP contribution in [0.15, 0.2) is 41.2 Å². The van der Waals surface area contributed by atoms with Gasteiger partial charge < -0.3 is 9.53 Å². The van der Waals surface area contributed by atoms with Crippen molar-refractivity contribution < 1.29 is 19.1 Å². The molecule has 1 aliphatic heterocycles. The summed E-state index contributed by atoms with van der Waals surface area (Å²) in [7, 11) is -2.06. The van der Waals surface area contributed by atoms with Crippen LogP contribution in [0.1, 0.15) is 64.1 Å². The maximum Gasteiger partial charge on any atom is 0.346 e. The molecule has 1 atom stereocenters. The van der Waals surface area contributed by atoms with E-state index in [0.717, 1.165) is 46.8 Å². The van der Waals surface area contributed by atoms with Crippen molar-refractivity contribution in [1.29, 1.82) is 0 Å². The average Bonchev–Trinajstić information content (AvgIpc) is 3.59. The molecule has 1 aromatic carbocycles. The summed E-state index contributed by atoms with van der Waals surface area (Å²) in [5.41, 5.74) is 5.48. The number of thiazole rings is 1. The van der Waals surface area contributed by atoms with Crippen LogP contribution in [-0.2, 0) is 17.3 Å². The molecule has 3 heterocycles. The van der Waals surface area contributed by atoms with Crippen molar-refractivity contribution in [3.05, 3.63) is 73.4 Å². The first-order valence-electron chi connectivity index (χ1n) is 14.5. The molecule has 11 heteroatoms. The summed E-state index contributed by atoms with van der Waals surface area (Å²) in [6, 6.07) is 10.3. The van der Waals surface area contributed by atoms with Gasteiger partial charge in [-0.3, -0.25) is 9.80 Å². The standard InChI is InChI=1S/C32H41N3O4S3Si/c1-23-18-28(42-29(23)30(36)37)13-15-35-31(38)41-17-16-34(35)14-12-27(39-43(5,6)32(2,3)4)20-25-9-7-8-24(19-25)10-11-26-21-40-22-33-26/h7-9,18-19,21-22,27H,12-17,20H2,1-6H3,(H,36,37). The Bertz CT molecular complexity index is 1470. The Kier molecular flexibility index (Phi) is 11.3. The fourth-order valence-corrected chi connectivity index (χ4v) is 8.36. The fraction of sp³-hybridized carbons (Fsp3) is 0.469. The summed E-state index contributed by atoms with van der Waals surface area (Å²) in [5, 5.41) is 15.5. The minimum atomic E-state index is -2.06. The number of thiophene rings is 1. The second kappa shape index (κ2) is 14.5. The van der Waals surface area contributed by atoms with Crippen LogP contribution in [0, 0.1) is 18.8 Å². The maximum atomic E-state index is 13.0. The first-order chi connectivity index (χ1) is 20.3. The molecule has 1 N–H and O–H groups in total. The number of aromatic carboxylic acids is 1. The number of thioether (sulfide) groups is 1. The average molecular weight is 656 g/mol. The van der Waals surface area contributed by atoms with Crippen LogP contribution in [0.4, 0.5) is 4.79 Å². The largest absolute Gasteiger partial charge is 0.477 e. The summed E-state index contributed by atoms with van der Waals surface area (Å²) in [6.07, 6.45) is 2.17. The molecule has 43 heavy (non-hydrogen) atoms.